The molecule has 0 radical (unpaired) electrons. The van der Waals surface area contributed by atoms with Crippen molar-refractivity contribution in [3.63, 3.8) is 0 Å². The van der Waals surface area contributed by atoms with Gasteiger partial charge in [-0.2, -0.15) is 0 Å². The second-order valence-corrected chi connectivity index (χ2v) is 4.78. The molecule has 0 bridgehead atoms. The second kappa shape index (κ2) is 5.61. The van der Waals surface area contributed by atoms with Gasteiger partial charge in [0.2, 0.25) is 5.88 Å². The van der Waals surface area contributed by atoms with Crippen LogP contribution in [0.5, 0.6) is 11.6 Å². The predicted molar refractivity (Wildman–Crippen MR) is 77.8 cm³/mol. The molecule has 4 N–H and O–H groups in total. The third kappa shape index (κ3) is 3.06. The average Bonchev–Trinajstić information content (AvgIpc) is 2.41. The fraction of sp³-hybridized carbons (Fsp3) is 0.200. The zero-order valence-electron chi connectivity index (χ0n) is 11.5. The SMILES string of the molecule is CC(C)c1ccc(Oc2nc(C(N)=O)ccc2N)cc1. The molecule has 2 rings (SSSR count). The van der Waals surface area contributed by atoms with Gasteiger partial charge in [-0.25, -0.2) is 4.98 Å². The average molecular weight is 271 g/mol. The Hall–Kier alpha value is -2.56. The highest BCUT2D eigenvalue weighted by Crippen LogP contribution is 2.26. The van der Waals surface area contributed by atoms with Gasteiger partial charge in [0.25, 0.3) is 5.91 Å². The van der Waals surface area contributed by atoms with Crippen molar-refractivity contribution in [2.45, 2.75) is 19.8 Å². The fourth-order valence-corrected chi connectivity index (χ4v) is 1.70. The molecular weight excluding hydrogens is 254 g/mol. The Morgan fingerprint density at radius 3 is 2.35 bits per heavy atom. The van der Waals surface area contributed by atoms with E-state index in [1.54, 1.807) is 6.07 Å². The van der Waals surface area contributed by atoms with Gasteiger partial charge in [-0.3, -0.25) is 4.79 Å². The quantitative estimate of drug-likeness (QED) is 0.894. The molecule has 0 spiro atoms. The molecule has 0 aliphatic carbocycles. The van der Waals surface area contributed by atoms with Crippen molar-refractivity contribution in [2.75, 3.05) is 5.73 Å². The van der Waals surface area contributed by atoms with Crippen LogP contribution in [0.25, 0.3) is 0 Å². The molecule has 0 unspecified atom stereocenters. The Morgan fingerprint density at radius 1 is 1.15 bits per heavy atom. The summed E-state index contributed by atoms with van der Waals surface area (Å²) in [6, 6.07) is 10.7. The number of benzene rings is 1. The smallest absolute Gasteiger partial charge is 0.267 e. The van der Waals surface area contributed by atoms with E-state index in [1.807, 2.05) is 24.3 Å². The van der Waals surface area contributed by atoms with Crippen LogP contribution in [0.15, 0.2) is 36.4 Å². The van der Waals surface area contributed by atoms with Gasteiger partial charge < -0.3 is 16.2 Å². The number of hydrogen-bond donors (Lipinski definition) is 2. The zero-order valence-corrected chi connectivity index (χ0v) is 11.5. The number of primary amides is 1. The minimum Gasteiger partial charge on any atom is -0.437 e. The summed E-state index contributed by atoms with van der Waals surface area (Å²) < 4.78 is 5.59. The van der Waals surface area contributed by atoms with Crippen LogP contribution >= 0.6 is 0 Å². The van der Waals surface area contributed by atoms with Crippen LogP contribution < -0.4 is 16.2 Å². The Morgan fingerprint density at radius 2 is 1.80 bits per heavy atom. The summed E-state index contributed by atoms with van der Waals surface area (Å²) in [5.41, 5.74) is 12.6. The van der Waals surface area contributed by atoms with Crippen molar-refractivity contribution in [2.24, 2.45) is 5.73 Å². The van der Waals surface area contributed by atoms with Gasteiger partial charge in [0.05, 0.1) is 5.69 Å². The molecule has 0 fully saturated rings. The lowest BCUT2D eigenvalue weighted by Crippen LogP contribution is -2.13. The molecule has 5 nitrogen and oxygen atoms in total. The number of anilines is 1. The first kappa shape index (κ1) is 13.9. The predicted octanol–water partition coefficient (Wildman–Crippen LogP) is 2.68. The number of carbonyl (C=O) groups excluding carboxylic acids is 1. The van der Waals surface area contributed by atoms with Crippen LogP contribution in [0.2, 0.25) is 0 Å². The van der Waals surface area contributed by atoms with Crippen LogP contribution in [0.1, 0.15) is 35.8 Å². The van der Waals surface area contributed by atoms with Crippen LogP contribution in [-0.4, -0.2) is 10.9 Å². The number of ether oxygens (including phenoxy) is 1. The number of nitrogens with zero attached hydrogens (tertiary/aromatic N) is 1. The maximum atomic E-state index is 11.1. The number of aromatic nitrogens is 1. The molecule has 104 valence electrons. The van der Waals surface area contributed by atoms with Gasteiger partial charge in [0, 0.05) is 0 Å². The van der Waals surface area contributed by atoms with E-state index in [0.29, 0.717) is 17.4 Å². The van der Waals surface area contributed by atoms with E-state index in [0.717, 1.165) is 0 Å². The largest absolute Gasteiger partial charge is 0.437 e. The van der Waals surface area contributed by atoms with Crippen molar-refractivity contribution < 1.29 is 9.53 Å². The summed E-state index contributed by atoms with van der Waals surface area (Å²) in [6.45, 7) is 4.23. The van der Waals surface area contributed by atoms with E-state index in [4.69, 9.17) is 16.2 Å². The molecule has 0 saturated heterocycles. The van der Waals surface area contributed by atoms with E-state index < -0.39 is 5.91 Å². The summed E-state index contributed by atoms with van der Waals surface area (Å²) in [5.74, 6) is 0.615. The highest BCUT2D eigenvalue weighted by molar-refractivity contribution is 5.91. The summed E-state index contributed by atoms with van der Waals surface area (Å²) in [4.78, 5) is 15.1. The third-order valence-corrected chi connectivity index (χ3v) is 2.90. The van der Waals surface area contributed by atoms with Crippen LogP contribution in [-0.2, 0) is 0 Å². The Labute approximate surface area is 117 Å². The van der Waals surface area contributed by atoms with Crippen LogP contribution in [0.3, 0.4) is 0 Å². The van der Waals surface area contributed by atoms with E-state index in [1.165, 1.54) is 11.6 Å². The lowest BCUT2D eigenvalue weighted by atomic mass is 10.0. The van der Waals surface area contributed by atoms with Gasteiger partial charge in [-0.1, -0.05) is 26.0 Å². The number of rotatable bonds is 4. The molecule has 0 aliphatic heterocycles. The number of carbonyl (C=O) groups is 1. The molecule has 0 atom stereocenters. The lowest BCUT2D eigenvalue weighted by molar-refractivity contribution is 0.0995. The van der Waals surface area contributed by atoms with Crippen molar-refractivity contribution >= 4 is 11.6 Å². The molecule has 1 amide bonds. The van der Waals surface area contributed by atoms with Crippen molar-refractivity contribution in [3.8, 4) is 11.6 Å². The van der Waals surface area contributed by atoms with E-state index in [9.17, 15) is 4.79 Å². The Bertz CT molecular complexity index is 622. The number of nitrogens with two attached hydrogens (primary N) is 2. The number of pyridine rings is 1. The first-order chi connectivity index (χ1) is 9.47. The van der Waals surface area contributed by atoms with Crippen LogP contribution in [0.4, 0.5) is 5.69 Å². The standard InChI is InChI=1S/C15H17N3O2/c1-9(2)10-3-5-11(6-4-10)20-15-12(16)7-8-13(18-15)14(17)19/h3-9H,16H2,1-2H3,(H2,17,19). The van der Waals surface area contributed by atoms with Crippen molar-refractivity contribution in [3.05, 3.63) is 47.7 Å². The highest BCUT2D eigenvalue weighted by atomic mass is 16.5. The monoisotopic (exact) mass is 271 g/mol. The van der Waals surface area contributed by atoms with Gasteiger partial charge in [-0.15, -0.1) is 0 Å². The van der Waals surface area contributed by atoms with E-state index >= 15 is 0 Å². The molecule has 0 aliphatic rings. The Balaban J connectivity index is 2.25. The second-order valence-electron chi connectivity index (χ2n) is 4.78. The molecule has 1 aromatic heterocycles. The topological polar surface area (TPSA) is 91.2 Å². The summed E-state index contributed by atoms with van der Waals surface area (Å²) >= 11 is 0. The molecule has 2 aromatic rings. The van der Waals surface area contributed by atoms with Crippen molar-refractivity contribution in [1.29, 1.82) is 0 Å². The van der Waals surface area contributed by atoms with Gasteiger partial charge in [-0.05, 0) is 35.7 Å². The molecule has 5 heteroatoms. The molecule has 1 heterocycles. The zero-order chi connectivity index (χ0) is 14.7. The molecule has 20 heavy (non-hydrogen) atoms. The molecule has 1 aromatic carbocycles. The van der Waals surface area contributed by atoms with Gasteiger partial charge >= 0.3 is 0 Å². The maximum Gasteiger partial charge on any atom is 0.267 e. The van der Waals surface area contributed by atoms with Gasteiger partial charge in [0.15, 0.2) is 0 Å². The highest BCUT2D eigenvalue weighted by Gasteiger charge is 2.09. The summed E-state index contributed by atoms with van der Waals surface area (Å²) in [6.07, 6.45) is 0. The number of nitrogen functional groups attached to an aromatic ring is 1. The maximum absolute atomic E-state index is 11.1. The first-order valence-corrected chi connectivity index (χ1v) is 6.31. The van der Waals surface area contributed by atoms with Gasteiger partial charge in [0.1, 0.15) is 11.4 Å². The number of amides is 1. The molecule has 0 saturated carbocycles. The van der Waals surface area contributed by atoms with Crippen LogP contribution in [0, 0.1) is 0 Å². The third-order valence-electron chi connectivity index (χ3n) is 2.90. The normalized spacial score (nSPS) is 10.6. The number of hydrogen-bond acceptors (Lipinski definition) is 4. The summed E-state index contributed by atoms with van der Waals surface area (Å²) in [5, 5.41) is 0. The minimum atomic E-state index is -0.620. The van der Waals surface area contributed by atoms with E-state index in [2.05, 4.69) is 18.8 Å². The van der Waals surface area contributed by atoms with E-state index in [-0.39, 0.29) is 11.6 Å². The Kier molecular flexibility index (Phi) is 3.89. The molecular formula is C15H17N3O2. The summed E-state index contributed by atoms with van der Waals surface area (Å²) in [7, 11) is 0. The fourth-order valence-electron chi connectivity index (χ4n) is 1.70. The van der Waals surface area contributed by atoms with Crippen molar-refractivity contribution in [1.82, 2.24) is 4.98 Å². The minimum absolute atomic E-state index is 0.119. The first-order valence-electron chi connectivity index (χ1n) is 6.31. The lowest BCUT2D eigenvalue weighted by Gasteiger charge is -2.10.